The van der Waals surface area contributed by atoms with Gasteiger partial charge >= 0.3 is 0 Å². The fourth-order valence-electron chi connectivity index (χ4n) is 4.28. The third-order valence-corrected chi connectivity index (χ3v) is 6.28. The standard InChI is InChI=1S/C24H31N9O/c1-17(2)32-16-28-20-21(26-14-18-6-3-4-7-19(18)33-13-5-10-29-33)30-23(31-22(20)32)27-15-24(34)8-11-25-12-9-24/h3-7,10,13,16-17,25,34H,8-9,11-12,14-15H2,1-2H3,(H2,26,27,30,31). The minimum atomic E-state index is -0.766. The van der Waals surface area contributed by atoms with E-state index in [2.05, 4.69) is 45.9 Å². The zero-order valence-corrected chi connectivity index (χ0v) is 19.6. The van der Waals surface area contributed by atoms with E-state index in [9.17, 15) is 5.11 Å². The zero-order chi connectivity index (χ0) is 23.5. The summed E-state index contributed by atoms with van der Waals surface area (Å²) in [5, 5.41) is 25.3. The number of nitrogens with zero attached hydrogens (tertiary/aromatic N) is 6. The molecule has 1 saturated heterocycles. The number of hydrogen-bond acceptors (Lipinski definition) is 8. The van der Waals surface area contributed by atoms with Crippen LogP contribution in [0.4, 0.5) is 11.8 Å². The van der Waals surface area contributed by atoms with Crippen molar-refractivity contribution in [2.24, 2.45) is 0 Å². The quantitative estimate of drug-likeness (QED) is 0.316. The number of benzene rings is 1. The summed E-state index contributed by atoms with van der Waals surface area (Å²) in [7, 11) is 0. The molecule has 0 amide bonds. The average molecular weight is 462 g/mol. The maximum Gasteiger partial charge on any atom is 0.226 e. The lowest BCUT2D eigenvalue weighted by molar-refractivity contribution is 0.0230. The van der Waals surface area contributed by atoms with Crippen molar-refractivity contribution in [2.75, 3.05) is 30.3 Å². The first-order valence-electron chi connectivity index (χ1n) is 11.8. The van der Waals surface area contributed by atoms with Crippen molar-refractivity contribution in [3.05, 3.63) is 54.6 Å². The summed E-state index contributed by atoms with van der Waals surface area (Å²) in [5.74, 6) is 1.13. The van der Waals surface area contributed by atoms with Gasteiger partial charge in [0.2, 0.25) is 5.95 Å². The SMILES string of the molecule is CC(C)n1cnc2c(NCc3ccccc3-n3cccn3)nc(NCC3(O)CCNCC3)nc21. The van der Waals surface area contributed by atoms with Crippen molar-refractivity contribution in [3.63, 3.8) is 0 Å². The molecule has 0 radical (unpaired) electrons. The van der Waals surface area contributed by atoms with Gasteiger partial charge in [0.25, 0.3) is 0 Å². The van der Waals surface area contributed by atoms with Gasteiger partial charge in [-0.2, -0.15) is 15.1 Å². The van der Waals surface area contributed by atoms with Gasteiger partial charge in [-0.25, -0.2) is 9.67 Å². The molecule has 0 bridgehead atoms. The monoisotopic (exact) mass is 461 g/mol. The molecular formula is C24H31N9O. The van der Waals surface area contributed by atoms with E-state index in [1.165, 1.54) is 0 Å². The van der Waals surface area contributed by atoms with Crippen molar-refractivity contribution in [1.82, 2.24) is 34.6 Å². The van der Waals surface area contributed by atoms with Gasteiger partial charge in [0, 0.05) is 31.5 Å². The van der Waals surface area contributed by atoms with Crippen LogP contribution < -0.4 is 16.0 Å². The first kappa shape index (κ1) is 22.3. The number of imidazole rings is 1. The van der Waals surface area contributed by atoms with Gasteiger partial charge in [-0.3, -0.25) is 0 Å². The Morgan fingerprint density at radius 3 is 2.71 bits per heavy atom. The molecule has 0 unspecified atom stereocenters. The molecule has 5 rings (SSSR count). The van der Waals surface area contributed by atoms with Crippen molar-refractivity contribution in [1.29, 1.82) is 0 Å². The van der Waals surface area contributed by atoms with E-state index in [0.29, 0.717) is 37.7 Å². The van der Waals surface area contributed by atoms with Crippen LogP contribution in [-0.2, 0) is 6.54 Å². The molecule has 4 aromatic rings. The van der Waals surface area contributed by atoms with Crippen LogP contribution in [0.2, 0.25) is 0 Å². The van der Waals surface area contributed by atoms with Crippen LogP contribution in [0.1, 0.15) is 38.3 Å². The Balaban J connectivity index is 1.43. The molecule has 34 heavy (non-hydrogen) atoms. The lowest BCUT2D eigenvalue weighted by atomic mass is 9.92. The Bertz CT molecular complexity index is 1240. The van der Waals surface area contributed by atoms with E-state index in [4.69, 9.17) is 9.97 Å². The highest BCUT2D eigenvalue weighted by molar-refractivity contribution is 5.84. The van der Waals surface area contributed by atoms with Crippen LogP contribution >= 0.6 is 0 Å². The third kappa shape index (κ3) is 4.59. The first-order chi connectivity index (χ1) is 16.5. The molecule has 1 aliphatic heterocycles. The summed E-state index contributed by atoms with van der Waals surface area (Å²) < 4.78 is 3.89. The second kappa shape index (κ2) is 9.40. The van der Waals surface area contributed by atoms with Gasteiger partial charge in [0.1, 0.15) is 0 Å². The molecular weight excluding hydrogens is 430 g/mol. The van der Waals surface area contributed by atoms with E-state index in [-0.39, 0.29) is 6.04 Å². The smallest absolute Gasteiger partial charge is 0.226 e. The second-order valence-electron chi connectivity index (χ2n) is 9.07. The first-order valence-corrected chi connectivity index (χ1v) is 11.8. The summed E-state index contributed by atoms with van der Waals surface area (Å²) in [5.41, 5.74) is 2.80. The predicted octanol–water partition coefficient (Wildman–Crippen LogP) is 2.73. The molecule has 1 aromatic carbocycles. The van der Waals surface area contributed by atoms with Crippen LogP contribution in [0.5, 0.6) is 0 Å². The normalized spacial score (nSPS) is 15.6. The zero-order valence-electron chi connectivity index (χ0n) is 19.6. The molecule has 3 aromatic heterocycles. The van der Waals surface area contributed by atoms with Crippen molar-refractivity contribution >= 4 is 22.9 Å². The minimum Gasteiger partial charge on any atom is -0.388 e. The molecule has 0 atom stereocenters. The van der Waals surface area contributed by atoms with Gasteiger partial charge in [0.15, 0.2) is 17.0 Å². The van der Waals surface area contributed by atoms with Gasteiger partial charge in [0.05, 0.1) is 17.6 Å². The highest BCUT2D eigenvalue weighted by Crippen LogP contribution is 2.25. The number of rotatable bonds is 8. The molecule has 1 aliphatic rings. The molecule has 178 valence electrons. The number of piperidine rings is 1. The number of fused-ring (bicyclic) bond motifs is 1. The third-order valence-electron chi connectivity index (χ3n) is 6.28. The van der Waals surface area contributed by atoms with E-state index >= 15 is 0 Å². The van der Waals surface area contributed by atoms with Crippen molar-refractivity contribution in [2.45, 2.75) is 44.9 Å². The largest absolute Gasteiger partial charge is 0.388 e. The molecule has 0 saturated carbocycles. The summed E-state index contributed by atoms with van der Waals surface area (Å²) >= 11 is 0. The molecule has 1 fully saturated rings. The van der Waals surface area contributed by atoms with E-state index in [1.807, 2.05) is 39.7 Å². The lowest BCUT2D eigenvalue weighted by Crippen LogP contribution is -2.46. The maximum absolute atomic E-state index is 10.9. The fraction of sp³-hybridized carbons (Fsp3) is 0.417. The van der Waals surface area contributed by atoms with E-state index < -0.39 is 5.60 Å². The van der Waals surface area contributed by atoms with E-state index in [1.54, 1.807) is 12.5 Å². The number of aromatic nitrogens is 6. The number of hydrogen-bond donors (Lipinski definition) is 4. The maximum atomic E-state index is 10.9. The molecule has 4 N–H and O–H groups in total. The minimum absolute atomic E-state index is 0.203. The average Bonchev–Trinajstić information content (AvgIpc) is 3.52. The Morgan fingerprint density at radius 1 is 1.12 bits per heavy atom. The summed E-state index contributed by atoms with van der Waals surface area (Å²) in [6.45, 7) is 6.76. The molecule has 0 spiro atoms. The predicted molar refractivity (Wildman–Crippen MR) is 132 cm³/mol. The van der Waals surface area contributed by atoms with E-state index in [0.717, 1.165) is 35.5 Å². The Labute approximate surface area is 198 Å². The van der Waals surface area contributed by atoms with Gasteiger partial charge in [-0.1, -0.05) is 18.2 Å². The Hall–Kier alpha value is -3.50. The lowest BCUT2D eigenvalue weighted by Gasteiger charge is -2.32. The fourth-order valence-corrected chi connectivity index (χ4v) is 4.28. The second-order valence-corrected chi connectivity index (χ2v) is 9.07. The summed E-state index contributed by atoms with van der Waals surface area (Å²) in [6.07, 6.45) is 6.89. The Morgan fingerprint density at radius 2 is 1.94 bits per heavy atom. The number of anilines is 2. The molecule has 4 heterocycles. The highest BCUT2D eigenvalue weighted by atomic mass is 16.3. The van der Waals surface area contributed by atoms with Crippen molar-refractivity contribution < 1.29 is 5.11 Å². The van der Waals surface area contributed by atoms with Crippen LogP contribution in [0.25, 0.3) is 16.9 Å². The van der Waals surface area contributed by atoms with Crippen LogP contribution in [-0.4, -0.2) is 59.6 Å². The van der Waals surface area contributed by atoms with Crippen molar-refractivity contribution in [3.8, 4) is 5.69 Å². The topological polar surface area (TPSA) is 118 Å². The number of nitrogens with one attached hydrogen (secondary N) is 3. The van der Waals surface area contributed by atoms with Crippen LogP contribution in [0, 0.1) is 0 Å². The summed E-state index contributed by atoms with van der Waals surface area (Å²) in [4.78, 5) is 14.1. The van der Waals surface area contributed by atoms with Gasteiger partial charge in [-0.15, -0.1) is 0 Å². The number of aliphatic hydroxyl groups is 1. The molecule has 10 nitrogen and oxygen atoms in total. The van der Waals surface area contributed by atoms with Gasteiger partial charge in [-0.05, 0) is 57.5 Å². The molecule has 10 heteroatoms. The highest BCUT2D eigenvalue weighted by Gasteiger charge is 2.29. The van der Waals surface area contributed by atoms with Crippen LogP contribution in [0.15, 0.2) is 49.1 Å². The summed E-state index contributed by atoms with van der Waals surface area (Å²) in [6, 6.07) is 10.2. The molecule has 0 aliphatic carbocycles. The number of para-hydroxylation sites is 1. The van der Waals surface area contributed by atoms with Crippen LogP contribution in [0.3, 0.4) is 0 Å². The van der Waals surface area contributed by atoms with Gasteiger partial charge < -0.3 is 25.6 Å². The Kier molecular flexibility index (Phi) is 6.16.